The van der Waals surface area contributed by atoms with Crippen LogP contribution in [0.1, 0.15) is 25.0 Å². The van der Waals surface area contributed by atoms with Gasteiger partial charge in [-0.15, -0.1) is 0 Å². The number of hydrogen-bond donors (Lipinski definition) is 4. The second-order valence-corrected chi connectivity index (χ2v) is 11.5. The Balaban J connectivity index is 0.000000562. The maximum atomic E-state index is 10.4. The number of aryl methyl sites for hydroxylation is 2. The van der Waals surface area contributed by atoms with Gasteiger partial charge in [-0.3, -0.25) is 15.1 Å². The molecule has 228 valence electrons. The van der Waals surface area contributed by atoms with Crippen LogP contribution in [0, 0.1) is 10.1 Å². The first-order valence-electron chi connectivity index (χ1n) is 12.4. The van der Waals surface area contributed by atoms with Gasteiger partial charge in [-0.1, -0.05) is 32.0 Å². The van der Waals surface area contributed by atoms with Crippen LogP contribution in [0.2, 0.25) is 0 Å². The van der Waals surface area contributed by atoms with Gasteiger partial charge in [-0.25, -0.2) is 8.42 Å². The number of benzene rings is 3. The van der Waals surface area contributed by atoms with E-state index in [2.05, 4.69) is 75.0 Å². The minimum absolute atomic E-state index is 0. The van der Waals surface area contributed by atoms with Crippen LogP contribution in [-0.4, -0.2) is 57.5 Å². The van der Waals surface area contributed by atoms with Gasteiger partial charge >= 0.3 is 29.6 Å². The SMILES string of the molecule is CCc1cc(Br)c2ncccc2c1.CCc1ccc(N)c(Br)c1.O=[N+]([O-])c1cccc(S(=O)(=O)[O-])c1.OCC(O)CO.[Na+]. The summed E-state index contributed by atoms with van der Waals surface area (Å²) in [6.45, 7) is 3.55. The Morgan fingerprint density at radius 1 is 0.930 bits per heavy atom. The third kappa shape index (κ3) is 15.0. The Labute approximate surface area is 289 Å². The van der Waals surface area contributed by atoms with E-state index < -0.39 is 31.7 Å². The number of non-ortho nitro benzene ring substituents is 1. The molecule has 43 heavy (non-hydrogen) atoms. The van der Waals surface area contributed by atoms with E-state index in [1.54, 1.807) is 0 Å². The smallest absolute Gasteiger partial charge is 0.744 e. The Bertz CT molecular complexity index is 1560. The van der Waals surface area contributed by atoms with Crippen molar-refractivity contribution in [1.29, 1.82) is 0 Å². The number of rotatable bonds is 6. The number of pyridine rings is 1. The molecule has 0 saturated heterocycles. The fourth-order valence-corrected chi connectivity index (χ4v) is 4.57. The van der Waals surface area contributed by atoms with Crippen molar-refractivity contribution in [3.05, 3.63) is 103 Å². The zero-order valence-electron chi connectivity index (χ0n) is 23.9. The predicted octanol–water partition coefficient (Wildman–Crippen LogP) is 1.99. The van der Waals surface area contributed by atoms with Crippen molar-refractivity contribution >= 4 is 64.3 Å². The van der Waals surface area contributed by atoms with Gasteiger partial charge < -0.3 is 25.6 Å². The molecule has 5 N–H and O–H groups in total. The summed E-state index contributed by atoms with van der Waals surface area (Å²) in [5, 5.41) is 35.4. The van der Waals surface area contributed by atoms with Gasteiger partial charge in [0.15, 0.2) is 0 Å². The molecule has 0 bridgehead atoms. The molecular weight excluding hydrogens is 721 g/mol. The normalized spacial score (nSPS) is 10.3. The molecule has 0 unspecified atom stereocenters. The average Bonchev–Trinajstić information content (AvgIpc) is 2.98. The minimum atomic E-state index is -4.61. The number of anilines is 1. The molecule has 0 radical (unpaired) electrons. The molecular formula is C28H32Br2N3NaO8S. The van der Waals surface area contributed by atoms with Crippen molar-refractivity contribution in [2.75, 3.05) is 18.9 Å². The zero-order chi connectivity index (χ0) is 31.9. The van der Waals surface area contributed by atoms with Crippen LogP contribution < -0.4 is 35.3 Å². The Morgan fingerprint density at radius 3 is 2.02 bits per heavy atom. The van der Waals surface area contributed by atoms with E-state index in [9.17, 15) is 23.1 Å². The van der Waals surface area contributed by atoms with Gasteiger partial charge in [0.25, 0.3) is 5.69 Å². The molecule has 11 nitrogen and oxygen atoms in total. The number of nitro benzene ring substituents is 1. The second kappa shape index (κ2) is 20.9. The number of nitrogens with zero attached hydrogens (tertiary/aromatic N) is 2. The minimum Gasteiger partial charge on any atom is -0.744 e. The number of nitrogens with two attached hydrogens (primary N) is 1. The fraction of sp³-hybridized carbons (Fsp3) is 0.250. The number of aromatic nitrogens is 1. The van der Waals surface area contributed by atoms with Crippen LogP contribution in [0.4, 0.5) is 11.4 Å². The standard InChI is InChI=1S/C11H10BrN.C8H10BrN.C6H5NO5S.C3H8O3.Na/c1-2-8-6-9-4-3-5-13-11(9)10(12)7-8;1-2-6-3-4-8(10)7(9)5-6;8-7(9)5-2-1-3-6(4-5)13(10,11)12;4-1-3(6)2-5;/h3-7H,2H2,1H3;3-5H,2,10H2,1H3;1-4H,(H,10,11,12);3-6H,1-2H2;/q;;;;+1/p-1. The monoisotopic (exact) mass is 751 g/mol. The summed E-state index contributed by atoms with van der Waals surface area (Å²) in [6, 6.07) is 18.4. The number of hydrogen-bond acceptors (Lipinski definition) is 10. The van der Waals surface area contributed by atoms with Crippen molar-refractivity contribution in [3.8, 4) is 0 Å². The summed E-state index contributed by atoms with van der Waals surface area (Å²) in [6.07, 6.45) is 2.98. The number of nitrogen functional groups attached to an aromatic ring is 1. The Morgan fingerprint density at radius 2 is 1.53 bits per heavy atom. The van der Waals surface area contributed by atoms with Gasteiger partial charge in [0.1, 0.15) is 16.2 Å². The van der Waals surface area contributed by atoms with Crippen LogP contribution in [0.5, 0.6) is 0 Å². The maximum absolute atomic E-state index is 10.4. The Hall–Kier alpha value is -1.98. The van der Waals surface area contributed by atoms with Crippen molar-refractivity contribution in [2.24, 2.45) is 0 Å². The van der Waals surface area contributed by atoms with E-state index in [1.165, 1.54) is 16.5 Å². The molecule has 0 atom stereocenters. The summed E-state index contributed by atoms with van der Waals surface area (Å²) >= 11 is 6.89. The van der Waals surface area contributed by atoms with E-state index in [-0.39, 0.29) is 42.8 Å². The quantitative estimate of drug-likeness (QED) is 0.0743. The maximum Gasteiger partial charge on any atom is 1.00 e. The fourth-order valence-electron chi connectivity index (χ4n) is 3.01. The molecule has 1 heterocycles. The predicted molar refractivity (Wildman–Crippen MR) is 168 cm³/mol. The molecule has 0 amide bonds. The topological polar surface area (TPSA) is 200 Å². The van der Waals surface area contributed by atoms with Crippen LogP contribution in [-0.2, 0) is 23.0 Å². The summed E-state index contributed by atoms with van der Waals surface area (Å²) in [5.74, 6) is 0. The molecule has 3 aromatic carbocycles. The summed E-state index contributed by atoms with van der Waals surface area (Å²) in [5.41, 5.74) is 9.67. The largest absolute Gasteiger partial charge is 1.00 e. The molecule has 4 aromatic rings. The molecule has 0 aliphatic heterocycles. The van der Waals surface area contributed by atoms with Crippen LogP contribution in [0.15, 0.2) is 86.8 Å². The number of aliphatic hydroxyl groups excluding tert-OH is 3. The van der Waals surface area contributed by atoms with Crippen LogP contribution in [0.25, 0.3) is 10.9 Å². The summed E-state index contributed by atoms with van der Waals surface area (Å²) in [4.78, 5) is 13.1. The molecule has 0 spiro atoms. The number of fused-ring (bicyclic) bond motifs is 1. The van der Waals surface area contributed by atoms with E-state index in [4.69, 9.17) is 21.1 Å². The van der Waals surface area contributed by atoms with E-state index in [0.717, 1.165) is 57.3 Å². The van der Waals surface area contributed by atoms with Gasteiger partial charge in [0.2, 0.25) is 0 Å². The van der Waals surface area contributed by atoms with Crippen LogP contribution in [0.3, 0.4) is 0 Å². The number of nitro groups is 1. The third-order valence-electron chi connectivity index (χ3n) is 5.34. The molecule has 4 rings (SSSR count). The molecule has 0 fully saturated rings. The summed E-state index contributed by atoms with van der Waals surface area (Å²) < 4.78 is 33.4. The first kappa shape index (κ1) is 41.0. The van der Waals surface area contributed by atoms with Gasteiger partial charge in [0.05, 0.1) is 28.5 Å². The second-order valence-electron chi connectivity index (χ2n) is 8.44. The molecule has 15 heteroatoms. The van der Waals surface area contributed by atoms with Gasteiger partial charge in [-0.05, 0) is 92.2 Å². The van der Waals surface area contributed by atoms with Crippen LogP contribution >= 0.6 is 31.9 Å². The van der Waals surface area contributed by atoms with E-state index in [1.807, 2.05) is 24.4 Å². The number of halogens is 2. The molecule has 0 aliphatic rings. The van der Waals surface area contributed by atoms with E-state index >= 15 is 0 Å². The zero-order valence-corrected chi connectivity index (χ0v) is 29.8. The van der Waals surface area contributed by atoms with Crippen molar-refractivity contribution < 1.29 is 62.8 Å². The average molecular weight is 753 g/mol. The third-order valence-corrected chi connectivity index (χ3v) is 7.46. The van der Waals surface area contributed by atoms with E-state index in [0.29, 0.717) is 0 Å². The van der Waals surface area contributed by atoms with Crippen molar-refractivity contribution in [1.82, 2.24) is 4.98 Å². The molecule has 0 aliphatic carbocycles. The first-order chi connectivity index (χ1) is 19.8. The first-order valence-corrected chi connectivity index (χ1v) is 15.4. The van der Waals surface area contributed by atoms with Gasteiger partial charge in [0, 0.05) is 38.3 Å². The van der Waals surface area contributed by atoms with Crippen molar-refractivity contribution in [2.45, 2.75) is 37.7 Å². The molecule has 1 aromatic heterocycles. The summed E-state index contributed by atoms with van der Waals surface area (Å²) in [7, 11) is -4.61. The number of aliphatic hydroxyl groups is 3. The Kier molecular flexibility index (Phi) is 19.9. The van der Waals surface area contributed by atoms with Crippen molar-refractivity contribution in [3.63, 3.8) is 0 Å². The van der Waals surface area contributed by atoms with Gasteiger partial charge in [-0.2, -0.15) is 0 Å². The molecule has 0 saturated carbocycles.